The minimum atomic E-state index is -1.00. The highest BCUT2D eigenvalue weighted by atomic mass is 16.3. The second-order valence-electron chi connectivity index (χ2n) is 11.6. The predicted octanol–water partition coefficient (Wildman–Crippen LogP) is 6.68. The third kappa shape index (κ3) is 14.4. The van der Waals surface area contributed by atoms with Gasteiger partial charge in [-0.2, -0.15) is 0 Å². The van der Waals surface area contributed by atoms with Crippen LogP contribution < -0.4 is 10.6 Å². The van der Waals surface area contributed by atoms with E-state index in [1.807, 2.05) is 46.8 Å². The van der Waals surface area contributed by atoms with E-state index in [-0.39, 0.29) is 30.6 Å². The zero-order valence-electron chi connectivity index (χ0n) is 28.1. The van der Waals surface area contributed by atoms with Gasteiger partial charge in [0.05, 0.1) is 12.1 Å². The molecule has 0 heterocycles. The first-order chi connectivity index (χ1) is 21.1. The Labute approximate surface area is 267 Å². The maximum absolute atomic E-state index is 13.5. The molecule has 1 rings (SSSR count). The summed E-state index contributed by atoms with van der Waals surface area (Å²) in [5.74, 6) is 5.26. The number of aliphatic hydroxyl groups excluding tert-OH is 1. The van der Waals surface area contributed by atoms with E-state index in [0.29, 0.717) is 42.8 Å². The lowest BCUT2D eigenvalue weighted by molar-refractivity contribution is -0.126. The molecule has 0 saturated carbocycles. The van der Waals surface area contributed by atoms with Crippen LogP contribution in [0, 0.1) is 23.7 Å². The van der Waals surface area contributed by atoms with Gasteiger partial charge in [-0.05, 0) is 69.7 Å². The average molecular weight is 608 g/mol. The number of benzene rings is 1. The molecule has 44 heavy (non-hydrogen) atoms. The third-order valence-electron chi connectivity index (χ3n) is 7.57. The number of carbonyl (C=O) groups excluding carboxylic acids is 3. The highest BCUT2D eigenvalue weighted by molar-refractivity contribution is 5.99. The Morgan fingerprint density at radius 2 is 1.70 bits per heavy atom. The molecule has 0 aliphatic rings. The number of carbonyl (C=O) groups is 3. The van der Waals surface area contributed by atoms with Crippen LogP contribution in [0.4, 0.5) is 0 Å². The number of hydrogen-bond donors (Lipinski definition) is 3. The second kappa shape index (κ2) is 22.2. The second-order valence-corrected chi connectivity index (χ2v) is 11.6. The molecule has 244 valence electrons. The first kappa shape index (κ1) is 38.7. The normalized spacial score (nSPS) is 13.7. The van der Waals surface area contributed by atoms with Crippen LogP contribution in [0.1, 0.15) is 120 Å². The van der Waals surface area contributed by atoms with E-state index in [2.05, 4.69) is 36.0 Å². The highest BCUT2D eigenvalue weighted by Crippen LogP contribution is 2.19. The van der Waals surface area contributed by atoms with E-state index in [0.717, 1.165) is 38.5 Å². The lowest BCUT2D eigenvalue weighted by atomic mass is 9.91. The van der Waals surface area contributed by atoms with Gasteiger partial charge in [-0.3, -0.25) is 14.4 Å². The predicted molar refractivity (Wildman–Crippen MR) is 181 cm³/mol. The lowest BCUT2D eigenvalue weighted by Gasteiger charge is -2.27. The van der Waals surface area contributed by atoms with Crippen LogP contribution in [0.2, 0.25) is 0 Å². The summed E-state index contributed by atoms with van der Waals surface area (Å²) in [6, 6.07) is 5.97. The first-order valence-electron chi connectivity index (χ1n) is 16.6. The molecule has 3 N–H and O–H groups in total. The molecule has 0 aromatic heterocycles. The van der Waals surface area contributed by atoms with Gasteiger partial charge in [0.15, 0.2) is 0 Å². The van der Waals surface area contributed by atoms with Crippen molar-refractivity contribution >= 4 is 17.7 Å². The van der Waals surface area contributed by atoms with Crippen LogP contribution in [0.5, 0.6) is 0 Å². The fourth-order valence-electron chi connectivity index (χ4n) is 5.06. The van der Waals surface area contributed by atoms with Gasteiger partial charge < -0.3 is 20.6 Å². The number of nitrogens with zero attached hydrogens (tertiary/aromatic N) is 1. The molecular formula is C37H57N3O4. The minimum Gasteiger partial charge on any atom is -0.391 e. The van der Waals surface area contributed by atoms with Gasteiger partial charge in [0.1, 0.15) is 0 Å². The first-order valence-corrected chi connectivity index (χ1v) is 16.6. The van der Waals surface area contributed by atoms with E-state index < -0.39 is 24.0 Å². The maximum Gasteiger partial charge on any atom is 0.253 e. The van der Waals surface area contributed by atoms with Crippen molar-refractivity contribution in [2.45, 2.75) is 111 Å². The Kier molecular flexibility index (Phi) is 19.5. The molecule has 7 nitrogen and oxygen atoms in total. The molecule has 1 aromatic rings. The zero-order valence-corrected chi connectivity index (χ0v) is 28.1. The number of unbranched alkanes of at least 4 members (excludes halogenated alkanes) is 3. The summed E-state index contributed by atoms with van der Waals surface area (Å²) in [7, 11) is 0. The Morgan fingerprint density at radius 1 is 1.02 bits per heavy atom. The van der Waals surface area contributed by atoms with E-state index in [1.54, 1.807) is 29.2 Å². The topological polar surface area (TPSA) is 98.7 Å². The van der Waals surface area contributed by atoms with Gasteiger partial charge in [0.2, 0.25) is 5.91 Å². The molecule has 7 heteroatoms. The SMILES string of the molecule is C=C(C#CC(C)/C=C\C)CC(NC(=O)c1cccc(C(=O)N(CCC)CCC)c1)C(O)CC(CC)C(=O)NCCCCCC. The Bertz CT molecular complexity index is 1130. The van der Waals surface area contributed by atoms with E-state index in [9.17, 15) is 19.5 Å². The molecule has 0 bridgehead atoms. The van der Waals surface area contributed by atoms with E-state index >= 15 is 0 Å². The number of rotatable bonds is 20. The van der Waals surface area contributed by atoms with Crippen molar-refractivity contribution in [3.05, 3.63) is 59.7 Å². The van der Waals surface area contributed by atoms with Gasteiger partial charge in [-0.1, -0.05) is 83.6 Å². The lowest BCUT2D eigenvalue weighted by Crippen LogP contribution is -2.45. The monoisotopic (exact) mass is 607 g/mol. The summed E-state index contributed by atoms with van der Waals surface area (Å²) in [5, 5.41) is 17.4. The fourth-order valence-corrected chi connectivity index (χ4v) is 5.06. The minimum absolute atomic E-state index is 0.0421. The van der Waals surface area contributed by atoms with Gasteiger partial charge in [0, 0.05) is 49.0 Å². The molecule has 0 fully saturated rings. The van der Waals surface area contributed by atoms with Crippen LogP contribution >= 0.6 is 0 Å². The summed E-state index contributed by atoms with van der Waals surface area (Å²) in [5.41, 5.74) is 1.36. The molecule has 0 aliphatic heterocycles. The Hall–Kier alpha value is -3.37. The largest absolute Gasteiger partial charge is 0.391 e. The van der Waals surface area contributed by atoms with Crippen molar-refractivity contribution in [3.8, 4) is 11.8 Å². The molecule has 0 radical (unpaired) electrons. The number of aliphatic hydroxyl groups is 1. The van der Waals surface area contributed by atoms with Crippen LogP contribution in [-0.2, 0) is 4.79 Å². The number of nitrogens with one attached hydrogen (secondary N) is 2. The molecule has 1 aromatic carbocycles. The number of amides is 3. The van der Waals surface area contributed by atoms with Crippen molar-refractivity contribution in [1.82, 2.24) is 15.5 Å². The van der Waals surface area contributed by atoms with Gasteiger partial charge in [-0.15, -0.1) is 0 Å². The summed E-state index contributed by atoms with van der Waals surface area (Å²) in [6.45, 7) is 18.1. The van der Waals surface area contributed by atoms with Gasteiger partial charge >= 0.3 is 0 Å². The smallest absolute Gasteiger partial charge is 0.253 e. The Morgan fingerprint density at radius 3 is 2.32 bits per heavy atom. The molecule has 0 aliphatic carbocycles. The van der Waals surface area contributed by atoms with Crippen LogP contribution in [-0.4, -0.2) is 59.5 Å². The van der Waals surface area contributed by atoms with Gasteiger partial charge in [0.25, 0.3) is 11.8 Å². The van der Waals surface area contributed by atoms with Crippen molar-refractivity contribution < 1.29 is 19.5 Å². The number of hydrogen-bond acceptors (Lipinski definition) is 4. The van der Waals surface area contributed by atoms with Crippen LogP contribution in [0.15, 0.2) is 48.6 Å². The summed E-state index contributed by atoms with van der Waals surface area (Å²) in [4.78, 5) is 41.4. The summed E-state index contributed by atoms with van der Waals surface area (Å²) >= 11 is 0. The fraction of sp³-hybridized carbons (Fsp3) is 0.595. The zero-order chi connectivity index (χ0) is 32.9. The van der Waals surface area contributed by atoms with E-state index in [1.165, 1.54) is 0 Å². The van der Waals surface area contributed by atoms with Crippen LogP contribution in [0.25, 0.3) is 0 Å². The molecule has 0 saturated heterocycles. The standard InChI is InChI=1S/C37H57N3O4/c1-8-13-14-15-22-38-35(42)30(12-5)27-34(41)33(25-29(7)21-20-28(6)17-9-2)39-36(43)31-18-16-19-32(26-31)37(44)40(23-10-3)24-11-4/h9,16-19,26,28,30,33-34,41H,7-8,10-15,22-25,27H2,1-6H3,(H,38,42)(H,39,43)/b17-9-. The molecule has 4 unspecified atom stereocenters. The third-order valence-corrected chi connectivity index (χ3v) is 7.57. The highest BCUT2D eigenvalue weighted by Gasteiger charge is 2.28. The van der Waals surface area contributed by atoms with Crippen molar-refractivity contribution in [1.29, 1.82) is 0 Å². The number of allylic oxidation sites excluding steroid dienone is 2. The van der Waals surface area contributed by atoms with E-state index in [4.69, 9.17) is 0 Å². The summed E-state index contributed by atoms with van der Waals surface area (Å²) in [6.07, 6.45) is 9.88. The van der Waals surface area contributed by atoms with Crippen molar-refractivity contribution in [2.75, 3.05) is 19.6 Å². The molecule has 3 amide bonds. The molecule has 0 spiro atoms. The Balaban J connectivity index is 3.16. The quantitative estimate of drug-likeness (QED) is 0.0875. The molecule has 4 atom stereocenters. The maximum atomic E-state index is 13.5. The average Bonchev–Trinajstić information content (AvgIpc) is 3.01. The van der Waals surface area contributed by atoms with Gasteiger partial charge in [-0.25, -0.2) is 0 Å². The summed E-state index contributed by atoms with van der Waals surface area (Å²) < 4.78 is 0. The molecular weight excluding hydrogens is 550 g/mol. The van der Waals surface area contributed by atoms with Crippen molar-refractivity contribution in [3.63, 3.8) is 0 Å². The van der Waals surface area contributed by atoms with Crippen molar-refractivity contribution in [2.24, 2.45) is 11.8 Å². The van der Waals surface area contributed by atoms with Crippen LogP contribution in [0.3, 0.4) is 0 Å².